The van der Waals surface area contributed by atoms with Gasteiger partial charge in [0, 0.05) is 42.5 Å². The van der Waals surface area contributed by atoms with Gasteiger partial charge in [0.05, 0.1) is 10.7 Å². The molecule has 3 rings (SSSR count). The number of thiazole rings is 1. The van der Waals surface area contributed by atoms with Gasteiger partial charge >= 0.3 is 0 Å². The fourth-order valence-electron chi connectivity index (χ4n) is 2.72. The standard InChI is InChI=1S/C18H23N5S2/c1-5-23(6-2)16-9-7-14(8-10-16)17-20-21-18(22(17)4)25-12-15-11-24-13(3)19-15/h7-11H,5-6,12H2,1-4H3. The Morgan fingerprint density at radius 2 is 1.84 bits per heavy atom. The maximum absolute atomic E-state index is 4.50. The van der Waals surface area contributed by atoms with E-state index in [1.807, 2.05) is 14.0 Å². The monoisotopic (exact) mass is 373 g/mol. The molecule has 0 saturated carbocycles. The Hall–Kier alpha value is -1.86. The normalized spacial score (nSPS) is 11.0. The van der Waals surface area contributed by atoms with E-state index in [0.717, 1.165) is 46.1 Å². The number of benzene rings is 1. The number of nitrogens with zero attached hydrogens (tertiary/aromatic N) is 5. The highest BCUT2D eigenvalue weighted by atomic mass is 32.2. The van der Waals surface area contributed by atoms with Crippen LogP contribution in [0.15, 0.2) is 34.8 Å². The predicted molar refractivity (Wildman–Crippen MR) is 106 cm³/mol. The third-order valence-electron chi connectivity index (χ3n) is 4.10. The van der Waals surface area contributed by atoms with Crippen molar-refractivity contribution in [1.29, 1.82) is 0 Å². The number of hydrogen-bond donors (Lipinski definition) is 0. The van der Waals surface area contributed by atoms with E-state index in [4.69, 9.17) is 0 Å². The summed E-state index contributed by atoms with van der Waals surface area (Å²) in [5, 5.41) is 12.8. The van der Waals surface area contributed by atoms with Gasteiger partial charge in [-0.15, -0.1) is 21.5 Å². The molecule has 0 aliphatic carbocycles. The number of aromatic nitrogens is 4. The van der Waals surface area contributed by atoms with Crippen molar-refractivity contribution in [3.8, 4) is 11.4 Å². The van der Waals surface area contributed by atoms with Crippen LogP contribution in [0.1, 0.15) is 24.5 Å². The van der Waals surface area contributed by atoms with E-state index >= 15 is 0 Å². The van der Waals surface area contributed by atoms with E-state index in [2.05, 4.69) is 68.1 Å². The molecule has 3 aromatic rings. The van der Waals surface area contributed by atoms with Gasteiger partial charge in [-0.05, 0) is 45.0 Å². The van der Waals surface area contributed by atoms with Gasteiger partial charge in [0.1, 0.15) is 0 Å². The van der Waals surface area contributed by atoms with E-state index in [0.29, 0.717) is 0 Å². The van der Waals surface area contributed by atoms with Crippen molar-refractivity contribution in [2.24, 2.45) is 7.05 Å². The van der Waals surface area contributed by atoms with Gasteiger partial charge < -0.3 is 9.47 Å². The van der Waals surface area contributed by atoms with Crippen molar-refractivity contribution >= 4 is 28.8 Å². The molecule has 0 unspecified atom stereocenters. The van der Waals surface area contributed by atoms with Crippen LogP contribution in [0, 0.1) is 6.92 Å². The van der Waals surface area contributed by atoms with Crippen LogP contribution in [0.4, 0.5) is 5.69 Å². The molecule has 0 atom stereocenters. The lowest BCUT2D eigenvalue weighted by atomic mass is 10.2. The van der Waals surface area contributed by atoms with Gasteiger partial charge in [-0.25, -0.2) is 4.98 Å². The maximum Gasteiger partial charge on any atom is 0.191 e. The topological polar surface area (TPSA) is 46.8 Å². The number of thioether (sulfide) groups is 1. The fraction of sp³-hybridized carbons (Fsp3) is 0.389. The smallest absolute Gasteiger partial charge is 0.191 e. The first-order valence-electron chi connectivity index (χ1n) is 8.41. The minimum Gasteiger partial charge on any atom is -0.372 e. The van der Waals surface area contributed by atoms with Crippen LogP contribution in [0.5, 0.6) is 0 Å². The Balaban J connectivity index is 1.74. The summed E-state index contributed by atoms with van der Waals surface area (Å²) in [4.78, 5) is 6.83. The lowest BCUT2D eigenvalue weighted by Crippen LogP contribution is -2.21. The molecule has 0 amide bonds. The molecule has 0 N–H and O–H groups in total. The Kier molecular flexibility index (Phi) is 5.75. The summed E-state index contributed by atoms with van der Waals surface area (Å²) in [5.41, 5.74) is 3.42. The van der Waals surface area contributed by atoms with E-state index < -0.39 is 0 Å². The average Bonchev–Trinajstić information content (AvgIpc) is 3.20. The second-order valence-electron chi connectivity index (χ2n) is 5.73. The molecule has 25 heavy (non-hydrogen) atoms. The third kappa shape index (κ3) is 4.04. The Morgan fingerprint density at radius 3 is 2.44 bits per heavy atom. The molecule has 2 aromatic heterocycles. The van der Waals surface area contributed by atoms with E-state index in [9.17, 15) is 0 Å². The quantitative estimate of drug-likeness (QED) is 0.575. The van der Waals surface area contributed by atoms with E-state index in [-0.39, 0.29) is 0 Å². The van der Waals surface area contributed by atoms with Crippen LogP contribution in [-0.2, 0) is 12.8 Å². The number of hydrogen-bond acceptors (Lipinski definition) is 6. The second-order valence-corrected chi connectivity index (χ2v) is 7.74. The van der Waals surface area contributed by atoms with Crippen molar-refractivity contribution in [1.82, 2.24) is 19.7 Å². The predicted octanol–water partition coefficient (Wildman–Crippen LogP) is 4.39. The first kappa shape index (κ1) is 17.9. The van der Waals surface area contributed by atoms with Crippen molar-refractivity contribution in [3.05, 3.63) is 40.3 Å². The molecule has 2 heterocycles. The zero-order valence-electron chi connectivity index (χ0n) is 15.1. The fourth-order valence-corrected chi connectivity index (χ4v) is 4.24. The zero-order valence-corrected chi connectivity index (χ0v) is 16.7. The Labute approximate surface area is 157 Å². The molecular formula is C18H23N5S2. The third-order valence-corrected chi connectivity index (χ3v) is 5.98. The van der Waals surface area contributed by atoms with Crippen LogP contribution in [0.25, 0.3) is 11.4 Å². The van der Waals surface area contributed by atoms with Gasteiger partial charge in [0.15, 0.2) is 11.0 Å². The van der Waals surface area contributed by atoms with E-state index in [1.165, 1.54) is 5.69 Å². The highest BCUT2D eigenvalue weighted by molar-refractivity contribution is 7.98. The van der Waals surface area contributed by atoms with Crippen molar-refractivity contribution < 1.29 is 0 Å². The molecule has 7 heteroatoms. The average molecular weight is 374 g/mol. The second kappa shape index (κ2) is 8.01. The van der Waals surface area contributed by atoms with Crippen LogP contribution in [-0.4, -0.2) is 32.8 Å². The number of rotatable bonds is 7. The molecule has 0 bridgehead atoms. The van der Waals surface area contributed by atoms with Crippen LogP contribution < -0.4 is 4.90 Å². The first-order chi connectivity index (χ1) is 12.1. The maximum atomic E-state index is 4.50. The summed E-state index contributed by atoms with van der Waals surface area (Å²) < 4.78 is 2.05. The molecule has 0 spiro atoms. The van der Waals surface area contributed by atoms with Crippen molar-refractivity contribution in [3.63, 3.8) is 0 Å². The van der Waals surface area contributed by atoms with Gasteiger partial charge in [0.2, 0.25) is 0 Å². The van der Waals surface area contributed by atoms with Gasteiger partial charge in [0.25, 0.3) is 0 Å². The minimum absolute atomic E-state index is 0.817. The lowest BCUT2D eigenvalue weighted by molar-refractivity contribution is 0.793. The Bertz CT molecular complexity index is 818. The SMILES string of the molecule is CCN(CC)c1ccc(-c2nnc(SCc3csc(C)n3)n2C)cc1. The van der Waals surface area contributed by atoms with Gasteiger partial charge in [-0.1, -0.05) is 11.8 Å². The molecule has 0 aliphatic rings. The van der Waals surface area contributed by atoms with Crippen molar-refractivity contribution in [2.45, 2.75) is 31.7 Å². The van der Waals surface area contributed by atoms with Gasteiger partial charge in [-0.3, -0.25) is 0 Å². The summed E-state index contributed by atoms with van der Waals surface area (Å²) >= 11 is 3.35. The summed E-state index contributed by atoms with van der Waals surface area (Å²) in [6.07, 6.45) is 0. The largest absolute Gasteiger partial charge is 0.372 e. The van der Waals surface area contributed by atoms with Crippen molar-refractivity contribution in [2.75, 3.05) is 18.0 Å². The minimum atomic E-state index is 0.817. The van der Waals surface area contributed by atoms with E-state index in [1.54, 1.807) is 23.1 Å². The number of anilines is 1. The molecule has 132 valence electrons. The summed E-state index contributed by atoms with van der Waals surface area (Å²) in [7, 11) is 2.02. The highest BCUT2D eigenvalue weighted by Crippen LogP contribution is 2.27. The molecule has 0 fully saturated rings. The summed E-state index contributed by atoms with van der Waals surface area (Å²) in [5.74, 6) is 1.71. The molecule has 1 aromatic carbocycles. The molecule has 0 radical (unpaired) electrons. The van der Waals surface area contributed by atoms with Crippen LogP contribution in [0.3, 0.4) is 0 Å². The lowest BCUT2D eigenvalue weighted by Gasteiger charge is -2.21. The highest BCUT2D eigenvalue weighted by Gasteiger charge is 2.12. The summed E-state index contributed by atoms with van der Waals surface area (Å²) in [6, 6.07) is 8.55. The molecule has 5 nitrogen and oxygen atoms in total. The van der Waals surface area contributed by atoms with Gasteiger partial charge in [-0.2, -0.15) is 0 Å². The van der Waals surface area contributed by atoms with Crippen LogP contribution >= 0.6 is 23.1 Å². The number of aryl methyl sites for hydroxylation is 1. The molecule has 0 aliphatic heterocycles. The molecular weight excluding hydrogens is 350 g/mol. The first-order valence-corrected chi connectivity index (χ1v) is 10.3. The molecule has 0 saturated heterocycles. The summed E-state index contributed by atoms with van der Waals surface area (Å²) in [6.45, 7) is 8.40. The Morgan fingerprint density at radius 1 is 1.12 bits per heavy atom. The van der Waals surface area contributed by atoms with Crippen LogP contribution in [0.2, 0.25) is 0 Å². The zero-order chi connectivity index (χ0) is 17.8.